The molecule has 0 saturated carbocycles. The van der Waals surface area contributed by atoms with Crippen molar-refractivity contribution >= 4 is 11.7 Å². The molecular formula is C17H17NO3. The Balaban J connectivity index is 1.90. The number of carbonyl (C=O) groups excluding carboxylic acids is 1. The largest absolute Gasteiger partial charge is 0.496 e. The first-order valence-electron chi connectivity index (χ1n) is 6.81. The molecule has 0 saturated heterocycles. The second-order valence-electron chi connectivity index (χ2n) is 5.00. The first-order chi connectivity index (χ1) is 10.2. The maximum atomic E-state index is 11.7. The van der Waals surface area contributed by atoms with E-state index in [0.29, 0.717) is 11.3 Å². The van der Waals surface area contributed by atoms with Crippen LogP contribution in [0.2, 0.25) is 0 Å². The molecule has 108 valence electrons. The third kappa shape index (κ3) is 2.44. The summed E-state index contributed by atoms with van der Waals surface area (Å²) in [6.45, 7) is 1.74. The van der Waals surface area contributed by atoms with Crippen molar-refractivity contribution in [1.29, 1.82) is 0 Å². The van der Waals surface area contributed by atoms with E-state index in [1.54, 1.807) is 13.2 Å². The topological polar surface area (TPSA) is 38.8 Å². The molecule has 0 aromatic heterocycles. The zero-order valence-electron chi connectivity index (χ0n) is 12.1. The molecule has 2 aromatic carbocycles. The van der Waals surface area contributed by atoms with Gasteiger partial charge < -0.3 is 14.4 Å². The highest BCUT2D eigenvalue weighted by atomic mass is 16.5. The minimum Gasteiger partial charge on any atom is -0.496 e. The molecule has 0 N–H and O–H groups in total. The number of benzene rings is 2. The van der Waals surface area contributed by atoms with Gasteiger partial charge in [0, 0.05) is 24.8 Å². The summed E-state index contributed by atoms with van der Waals surface area (Å²) in [7, 11) is 2.93. The van der Waals surface area contributed by atoms with Crippen molar-refractivity contribution in [1.82, 2.24) is 0 Å². The lowest BCUT2D eigenvalue weighted by atomic mass is 10.1. The van der Waals surface area contributed by atoms with Gasteiger partial charge in [0.1, 0.15) is 11.3 Å². The summed E-state index contributed by atoms with van der Waals surface area (Å²) in [5.41, 5.74) is 4.16. The molecule has 2 aromatic rings. The van der Waals surface area contributed by atoms with Gasteiger partial charge in [-0.05, 0) is 23.3 Å². The van der Waals surface area contributed by atoms with Gasteiger partial charge in [-0.15, -0.1) is 0 Å². The molecule has 0 fully saturated rings. The van der Waals surface area contributed by atoms with E-state index in [9.17, 15) is 4.79 Å². The molecule has 0 amide bonds. The molecule has 0 aliphatic carbocycles. The Bertz CT molecular complexity index is 656. The number of methoxy groups -OCH3 is 2. The van der Waals surface area contributed by atoms with E-state index in [4.69, 9.17) is 9.47 Å². The lowest BCUT2D eigenvalue weighted by Gasteiger charge is -2.19. The molecule has 3 rings (SSSR count). The zero-order chi connectivity index (χ0) is 14.8. The summed E-state index contributed by atoms with van der Waals surface area (Å²) in [5, 5.41) is 0. The van der Waals surface area contributed by atoms with Crippen LogP contribution in [0.4, 0.5) is 5.69 Å². The molecule has 1 aliphatic heterocycles. The van der Waals surface area contributed by atoms with Crippen LogP contribution in [0.1, 0.15) is 21.5 Å². The Morgan fingerprint density at radius 3 is 2.29 bits per heavy atom. The first-order valence-corrected chi connectivity index (χ1v) is 6.81. The number of anilines is 1. The normalized spacial score (nSPS) is 13.0. The lowest BCUT2D eigenvalue weighted by molar-refractivity contribution is 0.0597. The highest BCUT2D eigenvalue weighted by molar-refractivity contribution is 5.93. The van der Waals surface area contributed by atoms with E-state index in [1.165, 1.54) is 18.2 Å². The highest BCUT2D eigenvalue weighted by Crippen LogP contribution is 2.32. The highest BCUT2D eigenvalue weighted by Gasteiger charge is 2.21. The molecule has 0 radical (unpaired) electrons. The van der Waals surface area contributed by atoms with E-state index < -0.39 is 0 Å². The molecule has 21 heavy (non-hydrogen) atoms. The van der Waals surface area contributed by atoms with Crippen molar-refractivity contribution in [3.8, 4) is 5.75 Å². The van der Waals surface area contributed by atoms with Gasteiger partial charge in [0.15, 0.2) is 0 Å². The summed E-state index contributed by atoms with van der Waals surface area (Å²) in [5.74, 6) is 0.151. The maximum absolute atomic E-state index is 11.7. The fourth-order valence-electron chi connectivity index (χ4n) is 2.67. The van der Waals surface area contributed by atoms with Crippen LogP contribution < -0.4 is 9.64 Å². The molecule has 4 heteroatoms. The predicted molar refractivity (Wildman–Crippen MR) is 80.7 cm³/mol. The number of nitrogens with zero attached hydrogens (tertiary/aromatic N) is 1. The molecule has 0 unspecified atom stereocenters. The second-order valence-corrected chi connectivity index (χ2v) is 5.00. The standard InChI is InChI=1S/C17H17NO3/c1-20-16-9-14(7-8-15(16)17(19)21-2)18-10-12-5-3-4-6-13(12)11-18/h3-9H,10-11H2,1-2H3. The number of esters is 1. The molecule has 0 bridgehead atoms. The molecule has 1 aliphatic rings. The van der Waals surface area contributed by atoms with Crippen LogP contribution >= 0.6 is 0 Å². The summed E-state index contributed by atoms with van der Waals surface area (Å²) in [4.78, 5) is 13.9. The van der Waals surface area contributed by atoms with Crippen LogP contribution in [-0.2, 0) is 17.8 Å². The minimum atomic E-state index is -0.386. The minimum absolute atomic E-state index is 0.386. The number of rotatable bonds is 3. The molecule has 4 nitrogen and oxygen atoms in total. The van der Waals surface area contributed by atoms with Gasteiger partial charge in [0.25, 0.3) is 0 Å². The van der Waals surface area contributed by atoms with Gasteiger partial charge >= 0.3 is 5.97 Å². The molecular weight excluding hydrogens is 266 g/mol. The van der Waals surface area contributed by atoms with Gasteiger partial charge in [0.2, 0.25) is 0 Å². The number of ether oxygens (including phenoxy) is 2. The Morgan fingerprint density at radius 1 is 1.05 bits per heavy atom. The Kier molecular flexibility index (Phi) is 3.52. The average Bonchev–Trinajstić information content (AvgIpc) is 2.97. The SMILES string of the molecule is COC(=O)c1ccc(N2Cc3ccccc3C2)cc1OC. The number of hydrogen-bond acceptors (Lipinski definition) is 4. The summed E-state index contributed by atoms with van der Waals surface area (Å²) >= 11 is 0. The van der Waals surface area contributed by atoms with Gasteiger partial charge in [-0.2, -0.15) is 0 Å². The summed E-state index contributed by atoms with van der Waals surface area (Å²) < 4.78 is 10.1. The van der Waals surface area contributed by atoms with Gasteiger partial charge in [-0.25, -0.2) is 4.79 Å². The van der Waals surface area contributed by atoms with Crippen molar-refractivity contribution in [2.75, 3.05) is 19.1 Å². The van der Waals surface area contributed by atoms with Crippen molar-refractivity contribution in [3.05, 3.63) is 59.2 Å². The van der Waals surface area contributed by atoms with Crippen molar-refractivity contribution in [2.45, 2.75) is 13.1 Å². The van der Waals surface area contributed by atoms with E-state index in [2.05, 4.69) is 29.2 Å². The Hall–Kier alpha value is -2.49. The molecule has 0 spiro atoms. The summed E-state index contributed by atoms with van der Waals surface area (Å²) in [6.07, 6.45) is 0. The Morgan fingerprint density at radius 2 is 1.71 bits per heavy atom. The maximum Gasteiger partial charge on any atom is 0.341 e. The summed E-state index contributed by atoms with van der Waals surface area (Å²) in [6, 6.07) is 14.0. The third-order valence-electron chi connectivity index (χ3n) is 3.80. The molecule has 0 atom stereocenters. The third-order valence-corrected chi connectivity index (χ3v) is 3.80. The van der Waals surface area contributed by atoms with Crippen molar-refractivity contribution in [2.24, 2.45) is 0 Å². The van der Waals surface area contributed by atoms with Gasteiger partial charge in [-0.3, -0.25) is 0 Å². The lowest BCUT2D eigenvalue weighted by Crippen LogP contribution is -2.15. The van der Waals surface area contributed by atoms with Crippen LogP contribution in [0.15, 0.2) is 42.5 Å². The Labute approximate surface area is 123 Å². The van der Waals surface area contributed by atoms with Crippen LogP contribution in [0.5, 0.6) is 5.75 Å². The van der Waals surface area contributed by atoms with E-state index in [0.717, 1.165) is 18.8 Å². The number of fused-ring (bicyclic) bond motifs is 1. The van der Waals surface area contributed by atoms with Crippen molar-refractivity contribution in [3.63, 3.8) is 0 Å². The van der Waals surface area contributed by atoms with Crippen LogP contribution in [0, 0.1) is 0 Å². The van der Waals surface area contributed by atoms with E-state index in [-0.39, 0.29) is 5.97 Å². The second kappa shape index (κ2) is 5.48. The fraction of sp³-hybridized carbons (Fsp3) is 0.235. The number of carbonyl (C=O) groups is 1. The monoisotopic (exact) mass is 283 g/mol. The predicted octanol–water partition coefficient (Wildman–Crippen LogP) is 3.00. The smallest absolute Gasteiger partial charge is 0.341 e. The van der Waals surface area contributed by atoms with Gasteiger partial charge in [0.05, 0.1) is 14.2 Å². The van der Waals surface area contributed by atoms with Crippen LogP contribution in [-0.4, -0.2) is 20.2 Å². The fourth-order valence-corrected chi connectivity index (χ4v) is 2.67. The molecule has 1 heterocycles. The van der Waals surface area contributed by atoms with E-state index in [1.807, 2.05) is 12.1 Å². The van der Waals surface area contributed by atoms with Gasteiger partial charge in [-0.1, -0.05) is 24.3 Å². The van der Waals surface area contributed by atoms with Crippen LogP contribution in [0.3, 0.4) is 0 Å². The first kappa shape index (κ1) is 13.5. The van der Waals surface area contributed by atoms with Crippen LogP contribution in [0.25, 0.3) is 0 Å². The van der Waals surface area contributed by atoms with E-state index >= 15 is 0 Å². The van der Waals surface area contributed by atoms with Crippen molar-refractivity contribution < 1.29 is 14.3 Å². The number of hydrogen-bond donors (Lipinski definition) is 0. The zero-order valence-corrected chi connectivity index (χ0v) is 12.1. The average molecular weight is 283 g/mol. The quantitative estimate of drug-likeness (QED) is 0.812.